The second kappa shape index (κ2) is 9.88. The predicted molar refractivity (Wildman–Crippen MR) is 140 cm³/mol. The van der Waals surface area contributed by atoms with E-state index >= 15 is 0 Å². The van der Waals surface area contributed by atoms with Crippen LogP contribution >= 0.6 is 23.4 Å². The van der Waals surface area contributed by atoms with E-state index < -0.39 is 34.6 Å². The van der Waals surface area contributed by atoms with Gasteiger partial charge in [-0.05, 0) is 36.6 Å². The topological polar surface area (TPSA) is 87.2 Å². The number of carbonyl (C=O) groups is 3. The molecule has 0 aromatic heterocycles. The number of nitrogens with zero attached hydrogens (tertiary/aromatic N) is 2. The van der Waals surface area contributed by atoms with Crippen molar-refractivity contribution in [1.29, 1.82) is 0 Å². The minimum atomic E-state index is -0.945. The minimum absolute atomic E-state index is 0.0381. The summed E-state index contributed by atoms with van der Waals surface area (Å²) in [6.45, 7) is 4.32. The molecule has 9 heteroatoms. The third-order valence-corrected chi connectivity index (χ3v) is 10.0. The lowest BCUT2D eigenvalue weighted by Gasteiger charge is -2.40. The van der Waals surface area contributed by atoms with E-state index in [1.165, 1.54) is 11.8 Å². The van der Waals surface area contributed by atoms with Crippen LogP contribution in [0.1, 0.15) is 26.7 Å². The van der Waals surface area contributed by atoms with Crippen LogP contribution in [0.15, 0.2) is 48.6 Å². The van der Waals surface area contributed by atoms with Gasteiger partial charge in [-0.2, -0.15) is 0 Å². The standard InChI is InChI=1S/C27H31ClN2O5S/c1-3-16(2)19(15-31)30-23-25(33)29(18-10-8-17(28)9-11-18)13-6-12-27(23)22(24(30)32)21-20(36-27)7-4-5-14-35-26(21)34/h4,6-12,16,19-23,31H,3,5,13-15H2,1-2H3/t16-,19-,20+,21-,22-,23?,27-/m0/s1. The van der Waals surface area contributed by atoms with Gasteiger partial charge in [-0.3, -0.25) is 14.4 Å². The molecule has 4 heterocycles. The Labute approximate surface area is 220 Å². The number of thioether (sulfide) groups is 1. The van der Waals surface area contributed by atoms with E-state index in [1.54, 1.807) is 34.1 Å². The normalized spacial score (nSPS) is 33.3. The number of halogens is 1. The number of hydrogen-bond acceptors (Lipinski definition) is 6. The quantitative estimate of drug-likeness (QED) is 0.463. The summed E-state index contributed by atoms with van der Waals surface area (Å²) in [4.78, 5) is 45.1. The highest BCUT2D eigenvalue weighted by atomic mass is 35.5. The summed E-state index contributed by atoms with van der Waals surface area (Å²) < 4.78 is 4.58. The maximum Gasteiger partial charge on any atom is 0.311 e. The van der Waals surface area contributed by atoms with Gasteiger partial charge in [-0.25, -0.2) is 0 Å². The number of esters is 1. The van der Waals surface area contributed by atoms with Gasteiger partial charge in [0.05, 0.1) is 35.8 Å². The molecule has 1 spiro atoms. The van der Waals surface area contributed by atoms with E-state index in [9.17, 15) is 19.5 Å². The van der Waals surface area contributed by atoms with Crippen molar-refractivity contribution in [1.82, 2.24) is 4.90 Å². The summed E-state index contributed by atoms with van der Waals surface area (Å²) in [6.07, 6.45) is 9.23. The van der Waals surface area contributed by atoms with Crippen molar-refractivity contribution in [3.63, 3.8) is 0 Å². The first-order valence-corrected chi connectivity index (χ1v) is 13.8. The summed E-state index contributed by atoms with van der Waals surface area (Å²) in [5.41, 5.74) is 0.680. The highest BCUT2D eigenvalue weighted by Gasteiger charge is 2.72. The van der Waals surface area contributed by atoms with E-state index in [2.05, 4.69) is 0 Å². The smallest absolute Gasteiger partial charge is 0.311 e. The van der Waals surface area contributed by atoms with Gasteiger partial charge >= 0.3 is 5.97 Å². The lowest BCUT2D eigenvalue weighted by Crippen LogP contribution is -2.58. The SMILES string of the molecule is CC[C@H](C)[C@H](CO)N1C(=O)[C@@H]2[C@H]3C(=O)OCCC=C[C@H]3S[C@@]23C=CCN(c2ccc(Cl)cc2)C(=O)C13. The Bertz CT molecular complexity index is 1110. The molecule has 0 bridgehead atoms. The van der Waals surface area contributed by atoms with Gasteiger partial charge < -0.3 is 19.6 Å². The summed E-state index contributed by atoms with van der Waals surface area (Å²) in [6, 6.07) is 5.64. The third-order valence-electron chi connectivity index (χ3n) is 8.04. The maximum absolute atomic E-state index is 14.4. The fourth-order valence-corrected chi connectivity index (χ4v) is 8.19. The molecule has 1 N–H and O–H groups in total. The molecule has 192 valence electrons. The zero-order chi connectivity index (χ0) is 25.6. The van der Waals surface area contributed by atoms with Crippen LogP contribution < -0.4 is 4.90 Å². The second-order valence-corrected chi connectivity index (χ2v) is 11.9. The number of anilines is 1. The number of hydrogen-bond donors (Lipinski definition) is 1. The Hall–Kier alpha value is -2.29. The van der Waals surface area contributed by atoms with Crippen molar-refractivity contribution >= 4 is 46.8 Å². The molecular formula is C27H31ClN2O5S. The molecule has 2 fully saturated rings. The molecule has 4 aliphatic rings. The summed E-state index contributed by atoms with van der Waals surface area (Å²) in [7, 11) is 0. The average Bonchev–Trinajstić information content (AvgIpc) is 3.24. The summed E-state index contributed by atoms with van der Waals surface area (Å²) in [5, 5.41) is 10.7. The number of benzene rings is 1. The molecule has 2 amide bonds. The van der Waals surface area contributed by atoms with Crippen LogP contribution in [0.4, 0.5) is 5.69 Å². The number of cyclic esters (lactones) is 1. The number of aliphatic hydroxyl groups is 1. The zero-order valence-electron chi connectivity index (χ0n) is 20.4. The fraction of sp³-hybridized carbons (Fsp3) is 0.519. The molecule has 0 saturated carbocycles. The average molecular weight is 531 g/mol. The van der Waals surface area contributed by atoms with E-state index in [0.717, 1.165) is 6.42 Å². The number of aliphatic hydroxyl groups excluding tert-OH is 1. The van der Waals surface area contributed by atoms with Crippen LogP contribution in [-0.4, -0.2) is 69.6 Å². The molecule has 0 aliphatic carbocycles. The Balaban J connectivity index is 1.66. The van der Waals surface area contributed by atoms with Gasteiger partial charge in [-0.15, -0.1) is 11.8 Å². The monoisotopic (exact) mass is 530 g/mol. The van der Waals surface area contributed by atoms with Gasteiger partial charge in [0.15, 0.2) is 0 Å². The van der Waals surface area contributed by atoms with Crippen LogP contribution in [0.5, 0.6) is 0 Å². The molecule has 0 radical (unpaired) electrons. The predicted octanol–water partition coefficient (Wildman–Crippen LogP) is 3.45. The van der Waals surface area contributed by atoms with Gasteiger partial charge in [0, 0.05) is 22.5 Å². The molecule has 7 atom stereocenters. The van der Waals surface area contributed by atoms with Crippen molar-refractivity contribution in [2.24, 2.45) is 17.8 Å². The van der Waals surface area contributed by atoms with Crippen LogP contribution in [-0.2, 0) is 19.1 Å². The lowest BCUT2D eigenvalue weighted by atomic mass is 9.78. The summed E-state index contributed by atoms with van der Waals surface area (Å²) >= 11 is 7.60. The van der Waals surface area contributed by atoms with Gasteiger partial charge in [0.1, 0.15) is 6.04 Å². The van der Waals surface area contributed by atoms with Gasteiger partial charge in [0.2, 0.25) is 5.91 Å². The van der Waals surface area contributed by atoms with E-state index in [-0.39, 0.29) is 36.2 Å². The molecule has 2 saturated heterocycles. The van der Waals surface area contributed by atoms with Crippen LogP contribution in [0, 0.1) is 17.8 Å². The van der Waals surface area contributed by atoms with E-state index in [0.29, 0.717) is 23.7 Å². The Kier molecular flexibility index (Phi) is 6.96. The first-order valence-electron chi connectivity index (χ1n) is 12.5. The highest BCUT2D eigenvalue weighted by molar-refractivity contribution is 8.02. The first-order chi connectivity index (χ1) is 17.3. The highest BCUT2D eigenvalue weighted by Crippen LogP contribution is 2.61. The molecule has 5 rings (SSSR count). The van der Waals surface area contributed by atoms with E-state index in [1.807, 2.05) is 38.2 Å². The Morgan fingerprint density at radius 3 is 2.64 bits per heavy atom. The van der Waals surface area contributed by atoms with Crippen molar-refractivity contribution in [3.8, 4) is 0 Å². The molecule has 1 aromatic carbocycles. The summed E-state index contributed by atoms with van der Waals surface area (Å²) in [5.74, 6) is -2.36. The minimum Gasteiger partial charge on any atom is -0.465 e. The largest absolute Gasteiger partial charge is 0.465 e. The van der Waals surface area contributed by atoms with Gasteiger partial charge in [-0.1, -0.05) is 56.2 Å². The fourth-order valence-electron chi connectivity index (χ4n) is 6.07. The van der Waals surface area contributed by atoms with Crippen molar-refractivity contribution < 1.29 is 24.2 Å². The number of amides is 2. The van der Waals surface area contributed by atoms with Gasteiger partial charge in [0.25, 0.3) is 5.91 Å². The molecule has 1 unspecified atom stereocenters. The number of carbonyl (C=O) groups excluding carboxylic acids is 3. The number of likely N-dealkylation sites (tertiary alicyclic amines) is 1. The maximum atomic E-state index is 14.4. The van der Waals surface area contributed by atoms with Crippen LogP contribution in [0.2, 0.25) is 5.02 Å². The molecule has 36 heavy (non-hydrogen) atoms. The molecule has 4 aliphatic heterocycles. The number of ether oxygens (including phenoxy) is 1. The molecular weight excluding hydrogens is 500 g/mol. The zero-order valence-corrected chi connectivity index (χ0v) is 22.0. The second-order valence-electron chi connectivity index (χ2n) is 9.93. The van der Waals surface area contributed by atoms with Crippen molar-refractivity contribution in [2.75, 3.05) is 24.7 Å². The molecule has 1 aromatic rings. The van der Waals surface area contributed by atoms with E-state index in [4.69, 9.17) is 16.3 Å². The van der Waals surface area contributed by atoms with Crippen molar-refractivity contribution in [3.05, 3.63) is 53.6 Å². The Morgan fingerprint density at radius 1 is 1.19 bits per heavy atom. The first kappa shape index (κ1) is 25.4. The lowest BCUT2D eigenvalue weighted by molar-refractivity contribution is -0.153. The number of fused-ring (bicyclic) bond motifs is 2. The third kappa shape index (κ3) is 3.89. The van der Waals surface area contributed by atoms with Crippen LogP contribution in [0.3, 0.4) is 0 Å². The van der Waals surface area contributed by atoms with Crippen LogP contribution in [0.25, 0.3) is 0 Å². The Morgan fingerprint density at radius 2 is 1.94 bits per heavy atom. The van der Waals surface area contributed by atoms with Crippen molar-refractivity contribution in [2.45, 2.75) is 48.8 Å². The number of rotatable bonds is 5. The molecule has 7 nitrogen and oxygen atoms in total.